The number of nitro benzene ring substituents is 1. The van der Waals surface area contributed by atoms with Crippen molar-refractivity contribution in [3.8, 4) is 0 Å². The van der Waals surface area contributed by atoms with Gasteiger partial charge in [-0.05, 0) is 44.4 Å². The molecule has 7 heteroatoms. The Morgan fingerprint density at radius 3 is 2.31 bits per heavy atom. The van der Waals surface area contributed by atoms with Gasteiger partial charge in [-0.2, -0.15) is 0 Å². The lowest BCUT2D eigenvalue weighted by Crippen LogP contribution is -2.52. The Hall–Kier alpha value is -2.54. The molecule has 1 aliphatic carbocycles. The molecule has 1 unspecified atom stereocenters. The SMILES string of the molecule is CC(=O)C1=C(c2ccc([N+](=O)[O-])cc2)C(=O)N(C2CCCCC2)C1(C)O. The molecule has 1 aromatic carbocycles. The highest BCUT2D eigenvalue weighted by atomic mass is 16.6. The lowest BCUT2D eigenvalue weighted by Gasteiger charge is -2.40. The first kappa shape index (κ1) is 18.3. The third-order valence-electron chi connectivity index (χ3n) is 5.28. The highest BCUT2D eigenvalue weighted by Crippen LogP contribution is 2.43. The van der Waals surface area contributed by atoms with Gasteiger partial charge in [-0.1, -0.05) is 19.3 Å². The molecular weight excluding hydrogens is 336 g/mol. The van der Waals surface area contributed by atoms with E-state index >= 15 is 0 Å². The largest absolute Gasteiger partial charge is 0.367 e. The quantitative estimate of drug-likeness (QED) is 0.659. The van der Waals surface area contributed by atoms with Crippen molar-refractivity contribution >= 4 is 23.0 Å². The lowest BCUT2D eigenvalue weighted by atomic mass is 9.91. The highest BCUT2D eigenvalue weighted by molar-refractivity contribution is 6.29. The van der Waals surface area contributed by atoms with E-state index in [9.17, 15) is 24.8 Å². The van der Waals surface area contributed by atoms with Crippen molar-refractivity contribution < 1.29 is 19.6 Å². The van der Waals surface area contributed by atoms with Gasteiger partial charge in [0.2, 0.25) is 0 Å². The van der Waals surface area contributed by atoms with E-state index in [1.165, 1.54) is 43.0 Å². The van der Waals surface area contributed by atoms with Crippen LogP contribution in [0, 0.1) is 10.1 Å². The molecular formula is C19H22N2O5. The zero-order valence-electron chi connectivity index (χ0n) is 14.9. The summed E-state index contributed by atoms with van der Waals surface area (Å²) < 4.78 is 0. The Morgan fingerprint density at radius 1 is 1.23 bits per heavy atom. The highest BCUT2D eigenvalue weighted by Gasteiger charge is 2.51. The smallest absolute Gasteiger partial charge is 0.269 e. The molecule has 1 saturated carbocycles. The van der Waals surface area contributed by atoms with Gasteiger partial charge in [0, 0.05) is 18.2 Å². The normalized spacial score (nSPS) is 24.3. The van der Waals surface area contributed by atoms with Gasteiger partial charge >= 0.3 is 0 Å². The Morgan fingerprint density at radius 2 is 1.81 bits per heavy atom. The van der Waals surface area contributed by atoms with Crippen LogP contribution in [0.4, 0.5) is 5.69 Å². The van der Waals surface area contributed by atoms with Crippen LogP contribution in [0.2, 0.25) is 0 Å². The first-order chi connectivity index (χ1) is 12.2. The van der Waals surface area contributed by atoms with Crippen LogP contribution >= 0.6 is 0 Å². The van der Waals surface area contributed by atoms with E-state index in [-0.39, 0.29) is 34.6 Å². The Labute approximate surface area is 151 Å². The average Bonchev–Trinajstić information content (AvgIpc) is 2.81. The van der Waals surface area contributed by atoms with E-state index in [4.69, 9.17) is 0 Å². The minimum absolute atomic E-state index is 0.0573. The predicted octanol–water partition coefficient (Wildman–Crippen LogP) is 2.82. The minimum atomic E-state index is -1.68. The van der Waals surface area contributed by atoms with Gasteiger partial charge in [0.25, 0.3) is 11.6 Å². The molecule has 1 aromatic rings. The fraction of sp³-hybridized carbons (Fsp3) is 0.474. The zero-order valence-corrected chi connectivity index (χ0v) is 14.9. The second kappa shape index (κ2) is 6.64. The number of carbonyl (C=O) groups is 2. The Kier molecular flexibility index (Phi) is 4.66. The van der Waals surface area contributed by atoms with Gasteiger partial charge < -0.3 is 10.0 Å². The van der Waals surface area contributed by atoms with Crippen LogP contribution in [0.25, 0.3) is 5.57 Å². The molecule has 0 radical (unpaired) electrons. The Balaban J connectivity index is 2.08. The summed E-state index contributed by atoms with van der Waals surface area (Å²) in [5, 5.41) is 22.0. The predicted molar refractivity (Wildman–Crippen MR) is 95.0 cm³/mol. The molecule has 0 aromatic heterocycles. The number of nitro groups is 1. The van der Waals surface area contributed by atoms with Crippen molar-refractivity contribution in [3.05, 3.63) is 45.5 Å². The summed E-state index contributed by atoms with van der Waals surface area (Å²) in [4.78, 5) is 37.2. The maximum absolute atomic E-state index is 13.2. The number of rotatable bonds is 4. The van der Waals surface area contributed by atoms with Crippen LogP contribution in [0.15, 0.2) is 29.8 Å². The minimum Gasteiger partial charge on any atom is -0.367 e. The first-order valence-corrected chi connectivity index (χ1v) is 8.81. The summed E-state index contributed by atoms with van der Waals surface area (Å²) in [6.45, 7) is 2.81. The standard InChI is InChI=1S/C19H22N2O5/c1-12(22)17-16(13-8-10-15(11-9-13)21(25)26)18(23)20(19(17,2)24)14-6-4-3-5-7-14/h8-11,14,24H,3-7H2,1-2H3. The number of hydrogen-bond acceptors (Lipinski definition) is 5. The van der Waals surface area contributed by atoms with Gasteiger partial charge in [0.05, 0.1) is 16.1 Å². The summed E-state index contributed by atoms with van der Waals surface area (Å²) in [5.41, 5.74) is -1.17. The monoisotopic (exact) mass is 358 g/mol. The molecule has 1 aliphatic heterocycles. The van der Waals surface area contributed by atoms with Crippen LogP contribution in [0.5, 0.6) is 0 Å². The average molecular weight is 358 g/mol. The van der Waals surface area contributed by atoms with E-state index < -0.39 is 10.6 Å². The lowest BCUT2D eigenvalue weighted by molar-refractivity contribution is -0.384. The van der Waals surface area contributed by atoms with Crippen LogP contribution in [0.3, 0.4) is 0 Å². The summed E-state index contributed by atoms with van der Waals surface area (Å²) in [7, 11) is 0. The van der Waals surface area contributed by atoms with Crippen LogP contribution < -0.4 is 0 Å². The molecule has 26 heavy (non-hydrogen) atoms. The van der Waals surface area contributed by atoms with Crippen molar-refractivity contribution in [1.29, 1.82) is 0 Å². The van der Waals surface area contributed by atoms with Gasteiger partial charge in [0.15, 0.2) is 11.5 Å². The molecule has 1 atom stereocenters. The van der Waals surface area contributed by atoms with Crippen LogP contribution in [-0.4, -0.2) is 38.4 Å². The third-order valence-corrected chi connectivity index (χ3v) is 5.28. The van der Waals surface area contributed by atoms with E-state index in [0.717, 1.165) is 32.1 Å². The number of carbonyl (C=O) groups excluding carboxylic acids is 2. The Bertz CT molecular complexity index is 789. The van der Waals surface area contributed by atoms with Crippen molar-refractivity contribution in [1.82, 2.24) is 4.90 Å². The molecule has 138 valence electrons. The summed E-state index contributed by atoms with van der Waals surface area (Å²) in [6, 6.07) is 5.39. The number of non-ortho nitro benzene ring substituents is 1. The van der Waals surface area contributed by atoms with E-state index in [1.54, 1.807) is 0 Å². The van der Waals surface area contributed by atoms with Gasteiger partial charge in [-0.15, -0.1) is 0 Å². The van der Waals surface area contributed by atoms with Crippen molar-refractivity contribution in [2.75, 3.05) is 0 Å². The molecule has 1 amide bonds. The maximum atomic E-state index is 13.2. The van der Waals surface area contributed by atoms with Crippen molar-refractivity contribution in [2.24, 2.45) is 0 Å². The summed E-state index contributed by atoms with van der Waals surface area (Å²) in [6.07, 6.45) is 4.64. The van der Waals surface area contributed by atoms with Crippen LogP contribution in [-0.2, 0) is 9.59 Å². The summed E-state index contributed by atoms with van der Waals surface area (Å²) >= 11 is 0. The van der Waals surface area contributed by atoms with E-state index in [0.29, 0.717) is 5.56 Å². The number of Topliss-reactive ketones (excluding diaryl/α,β-unsaturated/α-hetero) is 1. The number of ketones is 1. The fourth-order valence-electron chi connectivity index (χ4n) is 4.17. The number of nitrogens with zero attached hydrogens (tertiary/aromatic N) is 2. The van der Waals surface area contributed by atoms with Gasteiger partial charge in [-0.3, -0.25) is 19.7 Å². The molecule has 0 saturated heterocycles. The van der Waals surface area contributed by atoms with Crippen molar-refractivity contribution in [2.45, 2.75) is 57.7 Å². The first-order valence-electron chi connectivity index (χ1n) is 8.81. The molecule has 1 heterocycles. The van der Waals surface area contributed by atoms with Gasteiger partial charge in [-0.25, -0.2) is 0 Å². The van der Waals surface area contributed by atoms with Crippen LogP contribution in [0.1, 0.15) is 51.5 Å². The van der Waals surface area contributed by atoms with E-state index in [1.807, 2.05) is 0 Å². The second-order valence-electron chi connectivity index (χ2n) is 7.10. The molecule has 1 fully saturated rings. The number of amides is 1. The third kappa shape index (κ3) is 2.92. The summed E-state index contributed by atoms with van der Waals surface area (Å²) in [5.74, 6) is -0.768. The molecule has 0 spiro atoms. The molecule has 7 nitrogen and oxygen atoms in total. The molecule has 2 aliphatic rings. The molecule has 0 bridgehead atoms. The topological polar surface area (TPSA) is 101 Å². The maximum Gasteiger partial charge on any atom is 0.269 e. The number of aliphatic hydroxyl groups is 1. The molecule has 3 rings (SSSR count). The second-order valence-corrected chi connectivity index (χ2v) is 7.10. The molecule has 1 N–H and O–H groups in total. The van der Waals surface area contributed by atoms with Crippen molar-refractivity contribution in [3.63, 3.8) is 0 Å². The van der Waals surface area contributed by atoms with E-state index in [2.05, 4.69) is 0 Å². The van der Waals surface area contributed by atoms with Gasteiger partial charge in [0.1, 0.15) is 0 Å². The number of benzene rings is 1. The number of hydrogen-bond donors (Lipinski definition) is 1. The zero-order chi connectivity index (χ0) is 19.1. The fourth-order valence-corrected chi connectivity index (χ4v) is 4.17.